The molecule has 140 valence electrons. The Morgan fingerprint density at radius 1 is 1.04 bits per heavy atom. The van der Waals surface area contributed by atoms with E-state index >= 15 is 0 Å². The first-order valence-corrected chi connectivity index (χ1v) is 9.57. The van der Waals surface area contributed by atoms with Gasteiger partial charge >= 0.3 is 0 Å². The van der Waals surface area contributed by atoms with Crippen molar-refractivity contribution in [3.05, 3.63) is 64.2 Å². The molecule has 4 nitrogen and oxygen atoms in total. The van der Waals surface area contributed by atoms with Crippen LogP contribution in [-0.4, -0.2) is 35.3 Å². The fourth-order valence-electron chi connectivity index (χ4n) is 4.40. The number of benzene rings is 2. The number of carbonyl (C=O) groups excluding carboxylic acids is 2. The summed E-state index contributed by atoms with van der Waals surface area (Å²) in [6, 6.07) is 11.7. The predicted molar refractivity (Wildman–Crippen MR) is 105 cm³/mol. The van der Waals surface area contributed by atoms with Gasteiger partial charge in [-0.25, -0.2) is 0 Å². The summed E-state index contributed by atoms with van der Waals surface area (Å²) in [5, 5.41) is 0. The molecule has 0 unspecified atom stereocenters. The van der Waals surface area contributed by atoms with E-state index in [1.165, 1.54) is 0 Å². The van der Waals surface area contributed by atoms with Crippen molar-refractivity contribution >= 4 is 11.7 Å². The lowest BCUT2D eigenvalue weighted by Gasteiger charge is -2.44. The zero-order valence-corrected chi connectivity index (χ0v) is 16.2. The maximum Gasteiger partial charge on any atom is 0.254 e. The topological polar surface area (TPSA) is 46.6 Å². The number of Topliss-reactive ketones (excluding diaryl/α,β-unsaturated/α-hetero) is 1. The standard InChI is InChI=1S/C23H25NO3/c1-15-12-17(3)21-19(25)14-23(27-20(21)13-15)8-10-24(11-9-23)22(26)18-7-5-4-6-16(18)2/h4-7,12-13H,8-11,14H2,1-3H3. The van der Waals surface area contributed by atoms with Crippen molar-refractivity contribution in [3.8, 4) is 5.75 Å². The number of hydrogen-bond acceptors (Lipinski definition) is 3. The normalized spacial score (nSPS) is 18.2. The summed E-state index contributed by atoms with van der Waals surface area (Å²) in [6.45, 7) is 7.17. The van der Waals surface area contributed by atoms with Crippen LogP contribution in [0.25, 0.3) is 0 Å². The van der Waals surface area contributed by atoms with E-state index in [-0.39, 0.29) is 11.7 Å². The fraction of sp³-hybridized carbons (Fsp3) is 0.391. The molecule has 0 N–H and O–H groups in total. The molecule has 1 amide bonds. The number of hydrogen-bond donors (Lipinski definition) is 0. The van der Waals surface area contributed by atoms with E-state index in [9.17, 15) is 9.59 Å². The Bertz CT molecular complexity index is 923. The molecular weight excluding hydrogens is 338 g/mol. The van der Waals surface area contributed by atoms with Gasteiger partial charge in [-0.15, -0.1) is 0 Å². The van der Waals surface area contributed by atoms with E-state index < -0.39 is 5.60 Å². The van der Waals surface area contributed by atoms with Crippen molar-refractivity contribution in [1.82, 2.24) is 4.90 Å². The van der Waals surface area contributed by atoms with Gasteiger partial charge in [-0.05, 0) is 49.6 Å². The molecule has 0 saturated carbocycles. The summed E-state index contributed by atoms with van der Waals surface area (Å²) >= 11 is 0. The van der Waals surface area contributed by atoms with E-state index in [0.717, 1.165) is 27.8 Å². The Kier molecular flexibility index (Phi) is 4.29. The van der Waals surface area contributed by atoms with E-state index in [2.05, 4.69) is 0 Å². The second-order valence-electron chi connectivity index (χ2n) is 7.95. The molecule has 1 fully saturated rings. The SMILES string of the molecule is Cc1cc(C)c2c(c1)OC1(CCN(C(=O)c3ccccc3C)CC1)CC2=O. The minimum atomic E-state index is -0.479. The van der Waals surface area contributed by atoms with Gasteiger partial charge in [0.15, 0.2) is 5.78 Å². The van der Waals surface area contributed by atoms with Crippen LogP contribution in [-0.2, 0) is 0 Å². The number of nitrogens with zero attached hydrogens (tertiary/aromatic N) is 1. The third-order valence-corrected chi connectivity index (χ3v) is 5.87. The van der Waals surface area contributed by atoms with Gasteiger partial charge in [0, 0.05) is 31.5 Å². The molecule has 2 aromatic carbocycles. The Morgan fingerprint density at radius 2 is 1.74 bits per heavy atom. The molecule has 27 heavy (non-hydrogen) atoms. The van der Waals surface area contributed by atoms with Crippen LogP contribution < -0.4 is 4.74 Å². The number of piperidine rings is 1. The molecule has 2 aliphatic heterocycles. The summed E-state index contributed by atoms with van der Waals surface area (Å²) in [5.74, 6) is 0.937. The number of aryl methyl sites for hydroxylation is 3. The lowest BCUT2D eigenvalue weighted by Crippen LogP contribution is -2.52. The predicted octanol–water partition coefficient (Wildman–Crippen LogP) is 4.25. The van der Waals surface area contributed by atoms with Crippen molar-refractivity contribution in [3.63, 3.8) is 0 Å². The number of ether oxygens (including phenoxy) is 1. The first-order valence-electron chi connectivity index (χ1n) is 9.57. The molecule has 0 bridgehead atoms. The van der Waals surface area contributed by atoms with Crippen LogP contribution in [0.1, 0.15) is 56.7 Å². The Balaban J connectivity index is 1.53. The van der Waals surface area contributed by atoms with Crippen LogP contribution in [0.5, 0.6) is 5.75 Å². The molecular formula is C23H25NO3. The molecule has 0 aliphatic carbocycles. The monoisotopic (exact) mass is 363 g/mol. The second-order valence-corrected chi connectivity index (χ2v) is 7.95. The molecule has 4 heteroatoms. The minimum absolute atomic E-state index is 0.0668. The first-order chi connectivity index (χ1) is 12.9. The van der Waals surface area contributed by atoms with Gasteiger partial charge in [0.25, 0.3) is 5.91 Å². The molecule has 2 heterocycles. The Morgan fingerprint density at radius 3 is 2.44 bits per heavy atom. The number of likely N-dealkylation sites (tertiary alicyclic amines) is 1. The minimum Gasteiger partial charge on any atom is -0.486 e. The smallest absolute Gasteiger partial charge is 0.254 e. The summed E-state index contributed by atoms with van der Waals surface area (Å²) in [6.07, 6.45) is 1.77. The maximum atomic E-state index is 12.9. The zero-order chi connectivity index (χ0) is 19.2. The lowest BCUT2D eigenvalue weighted by atomic mass is 9.81. The number of carbonyl (C=O) groups is 2. The van der Waals surface area contributed by atoms with Gasteiger partial charge in [-0.3, -0.25) is 9.59 Å². The highest BCUT2D eigenvalue weighted by Gasteiger charge is 2.44. The van der Waals surface area contributed by atoms with Crippen molar-refractivity contribution in [2.75, 3.05) is 13.1 Å². The van der Waals surface area contributed by atoms with Gasteiger partial charge < -0.3 is 9.64 Å². The number of amides is 1. The third-order valence-electron chi connectivity index (χ3n) is 5.87. The number of ketones is 1. The molecule has 2 aliphatic rings. The van der Waals surface area contributed by atoms with E-state index in [1.807, 2.05) is 62.1 Å². The van der Waals surface area contributed by atoms with Crippen LogP contribution >= 0.6 is 0 Å². The maximum absolute atomic E-state index is 12.9. The van der Waals surface area contributed by atoms with E-state index in [0.29, 0.717) is 38.1 Å². The van der Waals surface area contributed by atoms with E-state index in [4.69, 9.17) is 4.74 Å². The molecule has 0 aromatic heterocycles. The average Bonchev–Trinajstić information content (AvgIpc) is 2.61. The Labute approximate surface area is 160 Å². The highest BCUT2D eigenvalue weighted by atomic mass is 16.5. The van der Waals surface area contributed by atoms with Crippen molar-refractivity contribution < 1.29 is 14.3 Å². The summed E-state index contributed by atoms with van der Waals surface area (Å²) in [7, 11) is 0. The highest BCUT2D eigenvalue weighted by Crippen LogP contribution is 2.41. The van der Waals surface area contributed by atoms with Gasteiger partial charge in [-0.1, -0.05) is 24.3 Å². The van der Waals surface area contributed by atoms with Gasteiger partial charge in [0.05, 0.1) is 12.0 Å². The lowest BCUT2D eigenvalue weighted by molar-refractivity contribution is -0.00582. The quantitative estimate of drug-likeness (QED) is 0.761. The summed E-state index contributed by atoms with van der Waals surface area (Å²) in [5.41, 5.74) is 4.08. The van der Waals surface area contributed by atoms with Crippen LogP contribution in [0.2, 0.25) is 0 Å². The third kappa shape index (κ3) is 3.14. The summed E-state index contributed by atoms with van der Waals surface area (Å²) in [4.78, 5) is 27.6. The fourth-order valence-corrected chi connectivity index (χ4v) is 4.40. The van der Waals surface area contributed by atoms with Crippen molar-refractivity contribution in [2.45, 2.75) is 45.6 Å². The summed E-state index contributed by atoms with van der Waals surface area (Å²) < 4.78 is 6.39. The molecule has 2 aromatic rings. The van der Waals surface area contributed by atoms with Gasteiger partial charge in [0.1, 0.15) is 11.4 Å². The number of rotatable bonds is 1. The average molecular weight is 363 g/mol. The van der Waals surface area contributed by atoms with Crippen LogP contribution in [0.3, 0.4) is 0 Å². The second kappa shape index (κ2) is 6.52. The van der Waals surface area contributed by atoms with Crippen LogP contribution in [0.15, 0.2) is 36.4 Å². The van der Waals surface area contributed by atoms with Gasteiger partial charge in [-0.2, -0.15) is 0 Å². The Hall–Kier alpha value is -2.62. The van der Waals surface area contributed by atoms with Gasteiger partial charge in [0.2, 0.25) is 0 Å². The van der Waals surface area contributed by atoms with Crippen LogP contribution in [0.4, 0.5) is 0 Å². The molecule has 0 radical (unpaired) electrons. The van der Waals surface area contributed by atoms with E-state index in [1.54, 1.807) is 0 Å². The van der Waals surface area contributed by atoms with Crippen molar-refractivity contribution in [1.29, 1.82) is 0 Å². The van der Waals surface area contributed by atoms with Crippen molar-refractivity contribution in [2.24, 2.45) is 0 Å². The number of fused-ring (bicyclic) bond motifs is 1. The largest absolute Gasteiger partial charge is 0.486 e. The molecule has 4 rings (SSSR count). The zero-order valence-electron chi connectivity index (χ0n) is 16.2. The molecule has 0 atom stereocenters. The molecule has 1 saturated heterocycles. The van der Waals surface area contributed by atoms with Crippen LogP contribution in [0, 0.1) is 20.8 Å². The first kappa shape index (κ1) is 17.8. The highest BCUT2D eigenvalue weighted by molar-refractivity contribution is 6.02. The molecule has 1 spiro atoms.